The van der Waals surface area contributed by atoms with Gasteiger partial charge < -0.3 is 126 Å². The van der Waals surface area contributed by atoms with Crippen LogP contribution in [0.15, 0.2) is 86.0 Å². The number of amides is 15. The number of anilines is 9. The first kappa shape index (κ1) is 86.2. The highest BCUT2D eigenvalue weighted by Crippen LogP contribution is 2.23. The van der Waals surface area contributed by atoms with E-state index in [0.29, 0.717) is 23.7 Å². The minimum absolute atomic E-state index is 0.00977. The van der Waals surface area contributed by atoms with E-state index in [-0.39, 0.29) is 169 Å². The van der Waals surface area contributed by atoms with E-state index in [1.54, 1.807) is 67.7 Å². The lowest BCUT2D eigenvalue weighted by molar-refractivity contribution is -0.121. The molecule has 0 aliphatic carbocycles. The second-order valence-corrected chi connectivity index (χ2v) is 27.4. The van der Waals surface area contributed by atoms with Crippen LogP contribution in [-0.4, -0.2) is 214 Å². The van der Waals surface area contributed by atoms with Crippen LogP contribution in [0.4, 0.5) is 51.8 Å². The summed E-state index contributed by atoms with van der Waals surface area (Å²) < 4.78 is 13.0. The first-order valence-electron chi connectivity index (χ1n) is 36.6. The molecule has 0 saturated heterocycles. The van der Waals surface area contributed by atoms with Crippen LogP contribution in [0.1, 0.15) is 147 Å². The Morgan fingerprint density at radius 1 is 0.299 bits per heavy atom. The van der Waals surface area contributed by atoms with Crippen molar-refractivity contribution < 1.29 is 71.9 Å². The molecule has 9 heterocycles. The molecule has 0 radical (unpaired) electrons. The molecule has 0 saturated carbocycles. The number of hydrogen-bond donors (Lipinski definition) is 15. The Kier molecular flexibility index (Phi) is 28.8. The normalized spacial score (nSPS) is 10.9. The van der Waals surface area contributed by atoms with Gasteiger partial charge >= 0.3 is 0 Å². The molecule has 9 aromatic heterocycles. The van der Waals surface area contributed by atoms with Crippen LogP contribution >= 0.6 is 0 Å². The van der Waals surface area contributed by atoms with Gasteiger partial charge in [0.1, 0.15) is 34.3 Å². The molecule has 0 bridgehead atoms. The predicted octanol–water partition coefficient (Wildman–Crippen LogP) is 0.893. The fraction of sp³-hybridized carbons (Fsp3) is 0.356. The zero-order valence-corrected chi connectivity index (χ0v) is 66.4. The van der Waals surface area contributed by atoms with Crippen molar-refractivity contribution >= 4 is 140 Å². The molecule has 0 atom stereocenters. The van der Waals surface area contributed by atoms with Gasteiger partial charge in [0.15, 0.2) is 23.3 Å². The highest BCUT2D eigenvalue weighted by molar-refractivity contribution is 6.10. The van der Waals surface area contributed by atoms with Crippen LogP contribution < -0.4 is 79.8 Å². The van der Waals surface area contributed by atoms with Gasteiger partial charge in [0.25, 0.3) is 53.2 Å². The van der Waals surface area contributed by atoms with Crippen LogP contribution in [0.2, 0.25) is 0 Å². The van der Waals surface area contributed by atoms with Gasteiger partial charge in [-0.05, 0) is 69.9 Å². The number of imidazole rings is 4. The van der Waals surface area contributed by atoms with Gasteiger partial charge in [-0.15, -0.1) is 0 Å². The van der Waals surface area contributed by atoms with E-state index in [0.717, 1.165) is 13.0 Å². The van der Waals surface area contributed by atoms with Crippen LogP contribution in [0, 0.1) is 0 Å². The fourth-order valence-electron chi connectivity index (χ4n) is 11.8. The first-order chi connectivity index (χ1) is 55.5. The van der Waals surface area contributed by atoms with Crippen molar-refractivity contribution in [3.63, 3.8) is 0 Å². The molecule has 15 amide bonds. The van der Waals surface area contributed by atoms with E-state index in [9.17, 15) is 71.9 Å². The summed E-state index contributed by atoms with van der Waals surface area (Å²) in [6, 6.07) is 8.93. The monoisotopic (exact) mass is 1620 g/mol. The van der Waals surface area contributed by atoms with E-state index in [1.807, 2.05) is 19.0 Å². The topological polar surface area (TPSA) is 536 Å². The molecule has 0 spiro atoms. The van der Waals surface area contributed by atoms with Crippen molar-refractivity contribution in [1.82, 2.24) is 97.8 Å². The molecule has 0 aliphatic heterocycles. The molecule has 15 N–H and O–H groups in total. The summed E-state index contributed by atoms with van der Waals surface area (Å²) in [4.78, 5) is 213. The molecule has 9 rings (SSSR count). The van der Waals surface area contributed by atoms with Crippen LogP contribution in [0.5, 0.6) is 0 Å². The summed E-state index contributed by atoms with van der Waals surface area (Å²) in [5, 5.41) is 40.0. The number of nitrogens with one attached hydrogen (secondary N) is 15. The standard InChI is InChI=1S/C73H93N29O15/c1-41(103)80-55-17-16-46(102(55)12)66(110)83-44-31-48(96(6)35-44)67(111)84-45-32-50(97(7)36-45)69(113)92-54-40-101(11)64(90-54)73(117)78-26-20-59(107)85-51-37-98(8)61(87-51)70(114)75-22-13-15-57(105)81-42-29-47(94(4)33-42)65(109)76-25-19-58(106)82-43-30-49(95(5)34-43)68(112)91-53-39-100(10)63(89-53)72(116)79-27-21-60(108)86-52-38-99(9)62(88-52)71(115)77-24-18-56(104)74-23-14-28-93(2)3/h16-17,29-40H,13-15,18-28H2,1-12H3,(H,74,104)(H,75,114)(H,76,109)(H,77,115)(H,78,117)(H,79,116)(H,80,103)(H,81,105)(H,82,106)(H,83,110)(H,84,111)(H,85,107)(H,86,108)(H,91,112)(H,92,113). The molecule has 620 valence electrons. The van der Waals surface area contributed by atoms with Gasteiger partial charge in [-0.3, -0.25) is 71.9 Å². The summed E-state index contributed by atoms with van der Waals surface area (Å²) in [7, 11) is 18.1. The Hall–Kier alpha value is -14.7. The Morgan fingerprint density at radius 3 is 0.991 bits per heavy atom. The van der Waals surface area contributed by atoms with Crippen LogP contribution in [-0.2, 0) is 92.2 Å². The predicted molar refractivity (Wildman–Crippen MR) is 426 cm³/mol. The quantitative estimate of drug-likeness (QED) is 0.0239. The van der Waals surface area contributed by atoms with E-state index in [1.165, 1.54) is 130 Å². The maximum Gasteiger partial charge on any atom is 0.287 e. The van der Waals surface area contributed by atoms with Gasteiger partial charge in [-0.25, -0.2) is 19.9 Å². The SMILES string of the molecule is CC(=O)Nc1ccc(C(=O)Nc2cc(C(=O)Nc3cc(C(=O)Nc4cn(C)c(C(=O)NCCC(=O)Nc5cn(C)c(C(=O)NCCCC(=O)Nc6cc(C(=O)NCCC(=O)Nc7cc(C(=O)Nc8cn(C)c(C(=O)NCCC(=O)Nc9cn(C)c(C(=O)NCCC(=O)NCCCN(C)C)n9)n8)n(C)c7)n(C)c6)n5)n4)n(C)c3)n(C)c2)n1C. The first-order valence-corrected chi connectivity index (χ1v) is 36.6. The number of rotatable bonds is 38. The molecular formula is C73H93N29O15. The number of aromatic nitrogens is 13. The maximum absolute atomic E-state index is 13.4. The molecule has 117 heavy (non-hydrogen) atoms. The second-order valence-electron chi connectivity index (χ2n) is 27.4. The lowest BCUT2D eigenvalue weighted by Gasteiger charge is -2.10. The number of carbonyl (C=O) groups excluding carboxylic acids is 15. The zero-order valence-electron chi connectivity index (χ0n) is 66.4. The highest BCUT2D eigenvalue weighted by Gasteiger charge is 2.26. The third-order valence-electron chi connectivity index (χ3n) is 17.5. The molecule has 44 heteroatoms. The van der Waals surface area contributed by atoms with Crippen molar-refractivity contribution in [2.24, 2.45) is 63.4 Å². The van der Waals surface area contributed by atoms with Crippen LogP contribution in [0.25, 0.3) is 0 Å². The van der Waals surface area contributed by atoms with Gasteiger partial charge in [0.05, 0.1) is 22.7 Å². The Morgan fingerprint density at radius 2 is 0.607 bits per heavy atom. The summed E-state index contributed by atoms with van der Waals surface area (Å²) in [5.41, 5.74) is 2.07. The molecule has 0 unspecified atom stereocenters. The third-order valence-corrected chi connectivity index (χ3v) is 17.5. The number of nitrogens with zero attached hydrogens (tertiary/aromatic N) is 14. The van der Waals surface area contributed by atoms with E-state index >= 15 is 0 Å². The van der Waals surface area contributed by atoms with Crippen molar-refractivity contribution in [3.8, 4) is 0 Å². The van der Waals surface area contributed by atoms with E-state index in [2.05, 4.69) is 99.7 Å². The van der Waals surface area contributed by atoms with Gasteiger partial charge in [-0.2, -0.15) is 0 Å². The summed E-state index contributed by atoms with van der Waals surface area (Å²) in [6.45, 7) is 2.54. The average Bonchev–Trinajstić information content (AvgIpc) is 1.69. The smallest absolute Gasteiger partial charge is 0.287 e. The highest BCUT2D eigenvalue weighted by atomic mass is 16.2. The largest absolute Gasteiger partial charge is 0.356 e. The molecule has 0 aliphatic rings. The lowest BCUT2D eigenvalue weighted by Crippen LogP contribution is -2.32. The van der Waals surface area contributed by atoms with Crippen molar-refractivity contribution in [3.05, 3.63) is 138 Å². The van der Waals surface area contributed by atoms with E-state index in [4.69, 9.17) is 0 Å². The minimum atomic E-state index is -0.657. The van der Waals surface area contributed by atoms with Crippen molar-refractivity contribution in [2.45, 2.75) is 51.9 Å². The molecular weight excluding hydrogens is 1520 g/mol. The summed E-state index contributed by atoms with van der Waals surface area (Å²) in [6.07, 6.45) is 12.3. The van der Waals surface area contributed by atoms with Gasteiger partial charge in [0, 0.05) is 191 Å². The van der Waals surface area contributed by atoms with Gasteiger partial charge in [-0.1, -0.05) is 0 Å². The van der Waals surface area contributed by atoms with E-state index < -0.39 is 76.8 Å². The minimum Gasteiger partial charge on any atom is -0.356 e. The summed E-state index contributed by atoms with van der Waals surface area (Å²) in [5.74, 6) is -7.20. The van der Waals surface area contributed by atoms with Crippen LogP contribution in [0.3, 0.4) is 0 Å². The third kappa shape index (κ3) is 23.9. The summed E-state index contributed by atoms with van der Waals surface area (Å²) >= 11 is 0. The Balaban J connectivity index is 0.619. The number of carbonyl (C=O) groups is 15. The zero-order chi connectivity index (χ0) is 85.1. The van der Waals surface area contributed by atoms with Crippen molar-refractivity contribution in [2.75, 3.05) is 108 Å². The number of hydrogen-bond acceptors (Lipinski definition) is 20. The second kappa shape index (κ2) is 39.1. The molecule has 9 aromatic rings. The molecule has 0 aromatic carbocycles. The van der Waals surface area contributed by atoms with Crippen molar-refractivity contribution in [1.29, 1.82) is 0 Å². The maximum atomic E-state index is 13.4. The van der Waals surface area contributed by atoms with Gasteiger partial charge in [0.2, 0.25) is 58.7 Å². The number of aryl methyl sites for hydroxylation is 8. The fourth-order valence-corrected chi connectivity index (χ4v) is 11.8. The molecule has 44 nitrogen and oxygen atoms in total. The lowest BCUT2D eigenvalue weighted by atomic mass is 10.3. The average molecular weight is 1620 g/mol. The Labute approximate surface area is 668 Å². The molecule has 0 fully saturated rings. The Bertz CT molecular complexity index is 5300.